The molecule has 0 radical (unpaired) electrons. The van der Waals surface area contributed by atoms with Gasteiger partial charge in [-0.15, -0.1) is 0 Å². The molecule has 0 spiro atoms. The number of hydrogen-bond donors (Lipinski definition) is 3. The van der Waals surface area contributed by atoms with E-state index in [1.54, 1.807) is 6.07 Å². The van der Waals surface area contributed by atoms with Crippen LogP contribution in [0.5, 0.6) is 0 Å². The highest BCUT2D eigenvalue weighted by molar-refractivity contribution is 5.97. The highest BCUT2D eigenvalue weighted by Gasteiger charge is 2.20. The fourth-order valence-electron chi connectivity index (χ4n) is 2.02. The van der Waals surface area contributed by atoms with Crippen molar-refractivity contribution in [2.24, 2.45) is 16.8 Å². The van der Waals surface area contributed by atoms with Gasteiger partial charge in [0.2, 0.25) is 0 Å². The van der Waals surface area contributed by atoms with Crippen LogP contribution in [0.1, 0.15) is 30.4 Å². The second kappa shape index (κ2) is 7.95. The summed E-state index contributed by atoms with van der Waals surface area (Å²) in [6.45, 7) is 2.97. The van der Waals surface area contributed by atoms with E-state index in [4.69, 9.17) is 15.7 Å². The van der Waals surface area contributed by atoms with E-state index in [2.05, 4.69) is 10.5 Å². The second-order valence-corrected chi connectivity index (χ2v) is 5.38. The van der Waals surface area contributed by atoms with E-state index in [-0.39, 0.29) is 5.84 Å². The molecule has 0 aromatic heterocycles. The van der Waals surface area contributed by atoms with E-state index in [0.717, 1.165) is 37.7 Å². The quantitative estimate of drug-likeness (QED) is 0.213. The fourth-order valence-corrected chi connectivity index (χ4v) is 2.02. The maximum atomic E-state index is 13.4. The monoisotopic (exact) mass is 295 g/mol. The van der Waals surface area contributed by atoms with Gasteiger partial charge in [0.25, 0.3) is 0 Å². The lowest BCUT2D eigenvalue weighted by Crippen LogP contribution is -2.18. The van der Waals surface area contributed by atoms with Crippen molar-refractivity contribution in [1.29, 1.82) is 0 Å². The summed E-state index contributed by atoms with van der Waals surface area (Å²) < 4.78 is 19.0. The Morgan fingerprint density at radius 2 is 2.24 bits per heavy atom. The van der Waals surface area contributed by atoms with E-state index in [1.165, 1.54) is 25.0 Å². The molecule has 0 atom stereocenters. The van der Waals surface area contributed by atoms with E-state index in [0.29, 0.717) is 12.1 Å². The SMILES string of the molecule is N/C(=N/O)c1cc(F)cc(CNCCCOCC2CC2)c1. The molecule has 1 aromatic rings. The van der Waals surface area contributed by atoms with Gasteiger partial charge < -0.3 is 21.0 Å². The van der Waals surface area contributed by atoms with Crippen molar-refractivity contribution >= 4 is 5.84 Å². The van der Waals surface area contributed by atoms with Crippen molar-refractivity contribution in [1.82, 2.24) is 5.32 Å². The number of amidine groups is 1. The van der Waals surface area contributed by atoms with Crippen LogP contribution in [0.4, 0.5) is 4.39 Å². The Kier molecular flexibility index (Phi) is 5.95. The minimum atomic E-state index is -0.399. The summed E-state index contributed by atoms with van der Waals surface area (Å²) >= 11 is 0. The molecule has 1 saturated carbocycles. The van der Waals surface area contributed by atoms with Gasteiger partial charge in [-0.3, -0.25) is 0 Å². The smallest absolute Gasteiger partial charge is 0.170 e. The first-order valence-electron chi connectivity index (χ1n) is 7.25. The molecule has 1 aromatic carbocycles. The third kappa shape index (κ3) is 5.69. The maximum Gasteiger partial charge on any atom is 0.170 e. The first kappa shape index (κ1) is 15.7. The largest absolute Gasteiger partial charge is 0.409 e. The zero-order chi connectivity index (χ0) is 15.1. The molecular formula is C15H22FN3O2. The van der Waals surface area contributed by atoms with Crippen LogP contribution in [0, 0.1) is 11.7 Å². The summed E-state index contributed by atoms with van der Waals surface area (Å²) in [6, 6.07) is 4.38. The molecule has 4 N–H and O–H groups in total. The van der Waals surface area contributed by atoms with Crippen LogP contribution < -0.4 is 11.1 Å². The topological polar surface area (TPSA) is 79.9 Å². The van der Waals surface area contributed by atoms with Crippen molar-refractivity contribution < 1.29 is 14.3 Å². The lowest BCUT2D eigenvalue weighted by molar-refractivity contribution is 0.122. The minimum Gasteiger partial charge on any atom is -0.409 e. The standard InChI is InChI=1S/C15H22FN3O2/c16-14-7-12(6-13(8-14)15(17)19-20)9-18-4-1-5-21-10-11-2-3-11/h6-8,11,18,20H,1-5,9-10H2,(H2,17,19). The summed E-state index contributed by atoms with van der Waals surface area (Å²) in [5, 5.41) is 14.7. The van der Waals surface area contributed by atoms with Crippen molar-refractivity contribution in [3.8, 4) is 0 Å². The molecule has 1 aliphatic rings. The Morgan fingerprint density at radius 3 is 2.95 bits per heavy atom. The minimum absolute atomic E-state index is 0.0933. The molecule has 21 heavy (non-hydrogen) atoms. The number of benzene rings is 1. The van der Waals surface area contributed by atoms with E-state index in [9.17, 15) is 4.39 Å². The number of nitrogens with zero attached hydrogens (tertiary/aromatic N) is 1. The summed E-state index contributed by atoms with van der Waals surface area (Å²) in [5.41, 5.74) is 6.60. The van der Waals surface area contributed by atoms with Crippen LogP contribution in [0.3, 0.4) is 0 Å². The molecule has 2 rings (SSSR count). The third-order valence-electron chi connectivity index (χ3n) is 3.38. The van der Waals surface area contributed by atoms with Crippen LogP contribution in [0.2, 0.25) is 0 Å². The van der Waals surface area contributed by atoms with Gasteiger partial charge in [-0.05, 0) is 55.5 Å². The van der Waals surface area contributed by atoms with Crippen LogP contribution in [-0.4, -0.2) is 30.8 Å². The molecule has 0 amide bonds. The zero-order valence-corrected chi connectivity index (χ0v) is 12.0. The normalized spacial score (nSPS) is 15.4. The van der Waals surface area contributed by atoms with Crippen LogP contribution in [0.15, 0.2) is 23.4 Å². The molecule has 1 fully saturated rings. The van der Waals surface area contributed by atoms with Gasteiger partial charge in [-0.1, -0.05) is 5.16 Å². The van der Waals surface area contributed by atoms with Gasteiger partial charge in [0.15, 0.2) is 5.84 Å². The Balaban J connectivity index is 1.68. The van der Waals surface area contributed by atoms with Gasteiger partial charge in [-0.2, -0.15) is 0 Å². The van der Waals surface area contributed by atoms with Crippen molar-refractivity contribution in [2.45, 2.75) is 25.8 Å². The molecular weight excluding hydrogens is 273 g/mol. The van der Waals surface area contributed by atoms with Crippen molar-refractivity contribution in [2.75, 3.05) is 19.8 Å². The van der Waals surface area contributed by atoms with Crippen LogP contribution in [0.25, 0.3) is 0 Å². The van der Waals surface area contributed by atoms with Gasteiger partial charge in [0.1, 0.15) is 5.82 Å². The molecule has 116 valence electrons. The third-order valence-corrected chi connectivity index (χ3v) is 3.38. The molecule has 1 aliphatic carbocycles. The molecule has 0 unspecified atom stereocenters. The Morgan fingerprint density at radius 1 is 1.43 bits per heavy atom. The lowest BCUT2D eigenvalue weighted by atomic mass is 10.1. The number of hydrogen-bond acceptors (Lipinski definition) is 4. The van der Waals surface area contributed by atoms with Crippen molar-refractivity contribution in [3.63, 3.8) is 0 Å². The number of halogens is 1. The first-order valence-corrected chi connectivity index (χ1v) is 7.25. The Hall–Kier alpha value is -1.66. The number of nitrogens with two attached hydrogens (primary N) is 1. The van der Waals surface area contributed by atoms with E-state index < -0.39 is 5.82 Å². The van der Waals surface area contributed by atoms with Gasteiger partial charge in [-0.25, -0.2) is 4.39 Å². The van der Waals surface area contributed by atoms with Crippen LogP contribution in [-0.2, 0) is 11.3 Å². The average Bonchev–Trinajstić information content (AvgIpc) is 3.29. The predicted octanol–water partition coefficient (Wildman–Crippen LogP) is 1.83. The van der Waals surface area contributed by atoms with Crippen molar-refractivity contribution in [3.05, 3.63) is 35.1 Å². The van der Waals surface area contributed by atoms with Gasteiger partial charge >= 0.3 is 0 Å². The van der Waals surface area contributed by atoms with E-state index in [1.807, 2.05) is 0 Å². The average molecular weight is 295 g/mol. The number of oxime groups is 1. The molecule has 0 aliphatic heterocycles. The summed E-state index contributed by atoms with van der Waals surface area (Å²) in [5.74, 6) is 0.301. The second-order valence-electron chi connectivity index (χ2n) is 5.38. The summed E-state index contributed by atoms with van der Waals surface area (Å²) in [7, 11) is 0. The first-order chi connectivity index (χ1) is 10.2. The Bertz CT molecular complexity index is 490. The number of nitrogens with one attached hydrogen (secondary N) is 1. The van der Waals surface area contributed by atoms with Gasteiger partial charge in [0, 0.05) is 25.3 Å². The number of ether oxygens (including phenoxy) is 1. The number of rotatable bonds is 9. The van der Waals surface area contributed by atoms with Gasteiger partial charge in [0.05, 0.1) is 0 Å². The lowest BCUT2D eigenvalue weighted by Gasteiger charge is -2.08. The maximum absolute atomic E-state index is 13.4. The molecule has 6 heteroatoms. The highest BCUT2D eigenvalue weighted by atomic mass is 19.1. The molecule has 0 bridgehead atoms. The fraction of sp³-hybridized carbons (Fsp3) is 0.533. The zero-order valence-electron chi connectivity index (χ0n) is 12.0. The Labute approximate surface area is 124 Å². The van der Waals surface area contributed by atoms with Crippen LogP contribution >= 0.6 is 0 Å². The summed E-state index contributed by atoms with van der Waals surface area (Å²) in [4.78, 5) is 0. The summed E-state index contributed by atoms with van der Waals surface area (Å²) in [6.07, 6.45) is 3.54. The molecule has 0 saturated heterocycles. The molecule has 0 heterocycles. The molecule has 5 nitrogen and oxygen atoms in total. The highest BCUT2D eigenvalue weighted by Crippen LogP contribution is 2.28. The van der Waals surface area contributed by atoms with E-state index >= 15 is 0 Å². The predicted molar refractivity (Wildman–Crippen MR) is 78.8 cm³/mol.